The van der Waals surface area contributed by atoms with Crippen molar-refractivity contribution in [2.45, 2.75) is 67.2 Å². The third kappa shape index (κ3) is 4.65. The van der Waals surface area contributed by atoms with Gasteiger partial charge in [-0.3, -0.25) is 0 Å². The lowest BCUT2D eigenvalue weighted by molar-refractivity contribution is 0.156. The number of nitrogens with zero attached hydrogens (tertiary/aromatic N) is 1. The van der Waals surface area contributed by atoms with Crippen molar-refractivity contribution in [3.8, 4) is 6.07 Å². The van der Waals surface area contributed by atoms with Crippen LogP contribution in [-0.4, -0.2) is 0 Å². The number of hydrogen-bond acceptors (Lipinski definition) is 1. The molecule has 0 aliphatic rings. The van der Waals surface area contributed by atoms with Gasteiger partial charge in [0.25, 0.3) is 0 Å². The molecule has 0 heterocycles. The van der Waals surface area contributed by atoms with Crippen LogP contribution in [0.5, 0.6) is 0 Å². The molecule has 0 amide bonds. The Kier molecular flexibility index (Phi) is 10.3. The average Bonchev–Trinajstić information content (AvgIpc) is 2.23. The molecule has 0 N–H and O–H groups in total. The molecule has 0 aliphatic heterocycles. The van der Waals surface area contributed by atoms with Gasteiger partial charge in [0.15, 0.2) is 0 Å². The number of hydrogen-bond donors (Lipinski definition) is 0. The first-order chi connectivity index (χ1) is 6.63. The lowest BCUT2D eigenvalue weighted by atomic mass is 9.70. The van der Waals surface area contributed by atoms with E-state index in [9.17, 15) is 0 Å². The Labute approximate surface area is 90.5 Å². The summed E-state index contributed by atoms with van der Waals surface area (Å²) in [7, 11) is 0. The quantitative estimate of drug-likeness (QED) is 0.622. The van der Waals surface area contributed by atoms with Gasteiger partial charge in [-0.1, -0.05) is 54.4 Å². The van der Waals surface area contributed by atoms with Crippen molar-refractivity contribution in [2.75, 3.05) is 0 Å². The van der Waals surface area contributed by atoms with Gasteiger partial charge in [-0.15, -0.1) is 0 Å². The SMILES string of the molecule is CC.CCC(CC)(CCC#N)C(C)C. The summed E-state index contributed by atoms with van der Waals surface area (Å²) in [6, 6.07) is 2.25. The predicted octanol–water partition coefficient (Wildman–Crippen LogP) is 4.78. The second kappa shape index (κ2) is 9.06. The summed E-state index contributed by atoms with van der Waals surface area (Å²) in [4.78, 5) is 0. The summed E-state index contributed by atoms with van der Waals surface area (Å²) in [6.07, 6.45) is 4.17. The van der Waals surface area contributed by atoms with Crippen LogP contribution in [0.25, 0.3) is 0 Å². The van der Waals surface area contributed by atoms with Gasteiger partial charge in [-0.05, 0) is 17.8 Å². The monoisotopic (exact) mass is 197 g/mol. The van der Waals surface area contributed by atoms with Gasteiger partial charge < -0.3 is 0 Å². The normalized spacial score (nSPS) is 10.4. The molecule has 0 aromatic rings. The van der Waals surface area contributed by atoms with Crippen LogP contribution in [0.4, 0.5) is 0 Å². The molecule has 0 fully saturated rings. The second-order valence-electron chi connectivity index (χ2n) is 3.88. The van der Waals surface area contributed by atoms with E-state index in [0.29, 0.717) is 17.8 Å². The fraction of sp³-hybridized carbons (Fsp3) is 0.923. The molecule has 1 heteroatoms. The molecule has 0 saturated heterocycles. The van der Waals surface area contributed by atoms with Gasteiger partial charge in [0.2, 0.25) is 0 Å². The average molecular weight is 197 g/mol. The standard InChI is InChI=1S/C11H21N.C2H6/c1-5-11(6-2,10(3)4)8-7-9-12;1-2/h10H,5-8H2,1-4H3;1-2H3. The summed E-state index contributed by atoms with van der Waals surface area (Å²) in [5.41, 5.74) is 0.412. The maximum atomic E-state index is 8.55. The number of nitriles is 1. The summed E-state index contributed by atoms with van der Waals surface area (Å²) < 4.78 is 0. The van der Waals surface area contributed by atoms with Crippen molar-refractivity contribution in [1.82, 2.24) is 0 Å². The first-order valence-corrected chi connectivity index (χ1v) is 6.00. The summed E-state index contributed by atoms with van der Waals surface area (Å²) in [5.74, 6) is 0.695. The van der Waals surface area contributed by atoms with Crippen LogP contribution in [0.15, 0.2) is 0 Å². The van der Waals surface area contributed by atoms with Crippen LogP contribution in [-0.2, 0) is 0 Å². The van der Waals surface area contributed by atoms with E-state index < -0.39 is 0 Å². The van der Waals surface area contributed by atoms with Crippen LogP contribution >= 0.6 is 0 Å². The minimum Gasteiger partial charge on any atom is -0.198 e. The molecule has 84 valence electrons. The zero-order valence-electron chi connectivity index (χ0n) is 10.9. The Bertz CT molecular complexity index is 149. The Balaban J connectivity index is 0. The van der Waals surface area contributed by atoms with Crippen molar-refractivity contribution in [2.24, 2.45) is 11.3 Å². The Morgan fingerprint density at radius 1 is 1.14 bits per heavy atom. The molecule has 1 nitrogen and oxygen atoms in total. The predicted molar refractivity (Wildman–Crippen MR) is 64.0 cm³/mol. The van der Waals surface area contributed by atoms with Gasteiger partial charge >= 0.3 is 0 Å². The maximum Gasteiger partial charge on any atom is 0.0621 e. The van der Waals surface area contributed by atoms with E-state index in [1.54, 1.807) is 0 Å². The molecule has 0 rings (SSSR count). The molecular formula is C13H27N. The zero-order valence-corrected chi connectivity index (χ0v) is 10.9. The first kappa shape index (κ1) is 15.9. The van der Waals surface area contributed by atoms with E-state index in [1.165, 1.54) is 12.8 Å². The molecule has 0 saturated carbocycles. The largest absolute Gasteiger partial charge is 0.198 e. The molecule has 0 radical (unpaired) electrons. The van der Waals surface area contributed by atoms with Crippen molar-refractivity contribution < 1.29 is 0 Å². The first-order valence-electron chi connectivity index (χ1n) is 6.00. The van der Waals surface area contributed by atoms with Crippen LogP contribution in [0.3, 0.4) is 0 Å². The van der Waals surface area contributed by atoms with Crippen molar-refractivity contribution in [1.29, 1.82) is 5.26 Å². The van der Waals surface area contributed by atoms with Crippen LogP contribution in [0.2, 0.25) is 0 Å². The molecule has 0 unspecified atom stereocenters. The fourth-order valence-corrected chi connectivity index (χ4v) is 2.01. The van der Waals surface area contributed by atoms with Crippen molar-refractivity contribution in [3.05, 3.63) is 0 Å². The van der Waals surface area contributed by atoms with Gasteiger partial charge in [-0.2, -0.15) is 5.26 Å². The minimum atomic E-state index is 0.412. The Morgan fingerprint density at radius 3 is 1.79 bits per heavy atom. The highest BCUT2D eigenvalue weighted by molar-refractivity contribution is 4.84. The highest BCUT2D eigenvalue weighted by Gasteiger charge is 2.28. The highest BCUT2D eigenvalue weighted by atomic mass is 14.3. The Hall–Kier alpha value is -0.510. The lowest BCUT2D eigenvalue weighted by Crippen LogP contribution is -2.25. The molecular weight excluding hydrogens is 170 g/mol. The van der Waals surface area contributed by atoms with Crippen LogP contribution in [0, 0.1) is 22.7 Å². The van der Waals surface area contributed by atoms with E-state index in [4.69, 9.17) is 5.26 Å². The third-order valence-electron chi connectivity index (χ3n) is 3.37. The fourth-order valence-electron chi connectivity index (χ4n) is 2.01. The van der Waals surface area contributed by atoms with Crippen molar-refractivity contribution >= 4 is 0 Å². The van der Waals surface area contributed by atoms with E-state index in [0.717, 1.165) is 6.42 Å². The molecule has 0 spiro atoms. The molecule has 0 atom stereocenters. The van der Waals surface area contributed by atoms with E-state index in [-0.39, 0.29) is 0 Å². The second-order valence-corrected chi connectivity index (χ2v) is 3.88. The molecule has 14 heavy (non-hydrogen) atoms. The highest BCUT2D eigenvalue weighted by Crippen LogP contribution is 2.39. The maximum absolute atomic E-state index is 8.55. The summed E-state index contributed by atoms with van der Waals surface area (Å²) in [5, 5.41) is 8.55. The molecule has 0 aliphatic carbocycles. The van der Waals surface area contributed by atoms with E-state index in [2.05, 4.69) is 33.8 Å². The van der Waals surface area contributed by atoms with Gasteiger partial charge in [-0.25, -0.2) is 0 Å². The minimum absolute atomic E-state index is 0.412. The van der Waals surface area contributed by atoms with Crippen molar-refractivity contribution in [3.63, 3.8) is 0 Å². The zero-order chi connectivity index (χ0) is 11.6. The molecule has 0 aromatic heterocycles. The lowest BCUT2D eigenvalue weighted by Gasteiger charge is -2.35. The van der Waals surface area contributed by atoms with Gasteiger partial charge in [0.05, 0.1) is 6.07 Å². The summed E-state index contributed by atoms with van der Waals surface area (Å²) >= 11 is 0. The number of rotatable bonds is 5. The van der Waals surface area contributed by atoms with Gasteiger partial charge in [0, 0.05) is 6.42 Å². The van der Waals surface area contributed by atoms with Gasteiger partial charge in [0.1, 0.15) is 0 Å². The van der Waals surface area contributed by atoms with Crippen LogP contribution < -0.4 is 0 Å². The summed E-state index contributed by atoms with van der Waals surface area (Å²) in [6.45, 7) is 13.0. The smallest absolute Gasteiger partial charge is 0.0621 e. The topological polar surface area (TPSA) is 23.8 Å². The molecule has 0 bridgehead atoms. The van der Waals surface area contributed by atoms with Crippen LogP contribution in [0.1, 0.15) is 67.2 Å². The molecule has 0 aromatic carbocycles. The third-order valence-corrected chi connectivity index (χ3v) is 3.37. The Morgan fingerprint density at radius 2 is 1.57 bits per heavy atom. The van der Waals surface area contributed by atoms with E-state index >= 15 is 0 Å². The van der Waals surface area contributed by atoms with E-state index in [1.807, 2.05) is 13.8 Å².